The number of furan rings is 1. The lowest BCUT2D eigenvalue weighted by atomic mass is 9.59. The SMILES string of the molecule is CC1(C)CCCC2(C)Oc3c(c4c(cc3=O)oc3c(O)c5c(O)cc(O)cc5oc34)CC12. The molecule has 1 saturated carbocycles. The van der Waals surface area contributed by atoms with Gasteiger partial charge in [-0.1, -0.05) is 13.8 Å². The molecule has 166 valence electrons. The van der Waals surface area contributed by atoms with E-state index in [0.717, 1.165) is 30.9 Å². The van der Waals surface area contributed by atoms with Crippen LogP contribution < -0.4 is 10.2 Å². The van der Waals surface area contributed by atoms with Gasteiger partial charge in [-0.25, -0.2) is 0 Å². The Morgan fingerprint density at radius 3 is 2.44 bits per heavy atom. The lowest BCUT2D eigenvalue weighted by Gasteiger charge is -2.53. The summed E-state index contributed by atoms with van der Waals surface area (Å²) >= 11 is 0. The Hall–Kier alpha value is -3.35. The summed E-state index contributed by atoms with van der Waals surface area (Å²) in [5.41, 5.74) is 0.751. The summed E-state index contributed by atoms with van der Waals surface area (Å²) < 4.78 is 18.3. The molecule has 2 atom stereocenters. The molecule has 1 fully saturated rings. The zero-order chi connectivity index (χ0) is 22.6. The van der Waals surface area contributed by atoms with Crippen molar-refractivity contribution in [2.75, 3.05) is 0 Å². The third-order valence-corrected chi connectivity index (χ3v) is 7.60. The van der Waals surface area contributed by atoms with E-state index in [4.69, 9.17) is 13.6 Å². The van der Waals surface area contributed by atoms with Crippen LogP contribution in [0.25, 0.3) is 33.1 Å². The second kappa shape index (κ2) is 5.91. The van der Waals surface area contributed by atoms with Crippen LogP contribution in [0.1, 0.15) is 45.6 Å². The molecule has 3 heterocycles. The molecular formula is C25H24O7. The zero-order valence-electron chi connectivity index (χ0n) is 18.1. The summed E-state index contributed by atoms with van der Waals surface area (Å²) in [6, 6.07) is 3.80. The van der Waals surface area contributed by atoms with Crippen LogP contribution in [0.3, 0.4) is 0 Å². The quantitative estimate of drug-likeness (QED) is 0.341. The predicted octanol–water partition coefficient (Wildman–Crippen LogP) is 5.33. The Kier molecular flexibility index (Phi) is 3.57. The first-order chi connectivity index (χ1) is 15.1. The Morgan fingerprint density at radius 1 is 0.938 bits per heavy atom. The molecule has 7 heteroatoms. The van der Waals surface area contributed by atoms with Gasteiger partial charge in [-0.3, -0.25) is 4.79 Å². The van der Waals surface area contributed by atoms with E-state index >= 15 is 0 Å². The minimum absolute atomic E-state index is 0.0268. The molecule has 0 saturated heterocycles. The Morgan fingerprint density at radius 2 is 1.66 bits per heavy atom. The van der Waals surface area contributed by atoms with Gasteiger partial charge in [-0.2, -0.15) is 0 Å². The number of benzene rings is 2. The molecule has 2 aliphatic rings. The third kappa shape index (κ3) is 2.39. The van der Waals surface area contributed by atoms with Gasteiger partial charge in [0.1, 0.15) is 33.7 Å². The van der Waals surface area contributed by atoms with Gasteiger partial charge in [0, 0.05) is 29.7 Å². The molecule has 2 aromatic carbocycles. The first kappa shape index (κ1) is 19.3. The summed E-state index contributed by atoms with van der Waals surface area (Å²) in [7, 11) is 0. The highest BCUT2D eigenvalue weighted by Gasteiger charge is 2.51. The Labute approximate surface area is 182 Å². The van der Waals surface area contributed by atoms with Crippen molar-refractivity contribution >= 4 is 33.1 Å². The fourth-order valence-electron chi connectivity index (χ4n) is 6.08. The van der Waals surface area contributed by atoms with E-state index in [1.54, 1.807) is 0 Å². The van der Waals surface area contributed by atoms with Gasteiger partial charge in [0.15, 0.2) is 17.1 Å². The highest BCUT2D eigenvalue weighted by molar-refractivity contribution is 6.11. The number of phenolic OH excluding ortho intramolecular Hbond substituents is 2. The van der Waals surface area contributed by atoms with Crippen LogP contribution in [0.15, 0.2) is 31.8 Å². The van der Waals surface area contributed by atoms with Gasteiger partial charge in [-0.05, 0) is 38.0 Å². The molecule has 0 radical (unpaired) electrons. The molecule has 0 spiro atoms. The fourth-order valence-corrected chi connectivity index (χ4v) is 6.08. The topological polar surface area (TPSA) is 113 Å². The largest absolute Gasteiger partial charge is 0.508 e. The second-order valence-corrected chi connectivity index (χ2v) is 10.1. The van der Waals surface area contributed by atoms with Crippen molar-refractivity contribution in [3.05, 3.63) is 34.0 Å². The number of hydrogen-bond acceptors (Lipinski definition) is 7. The minimum atomic E-state index is -0.426. The third-order valence-electron chi connectivity index (χ3n) is 7.60. The standard InChI is InChI=1S/C25H24O7/c1-24(2)5-4-6-25(3)17(24)9-12-18-16(10-14(28)21(12)32-25)31-23-20(29)19-13(27)7-11(26)8-15(19)30-22(18)23/h7-8,10,17,26-27,29H,4-6,9H2,1-3H3. The number of hydrogen-bond donors (Lipinski definition) is 3. The van der Waals surface area contributed by atoms with Crippen LogP contribution in [0, 0.1) is 11.3 Å². The molecule has 7 nitrogen and oxygen atoms in total. The molecule has 6 rings (SSSR count). The zero-order valence-corrected chi connectivity index (χ0v) is 18.1. The minimum Gasteiger partial charge on any atom is -0.508 e. The lowest BCUT2D eigenvalue weighted by molar-refractivity contribution is -0.0818. The summed E-state index contributed by atoms with van der Waals surface area (Å²) in [4.78, 5) is 13.0. The normalized spacial score (nSPS) is 24.4. The van der Waals surface area contributed by atoms with E-state index in [0.29, 0.717) is 23.1 Å². The van der Waals surface area contributed by atoms with Crippen LogP contribution in [-0.4, -0.2) is 20.9 Å². The molecule has 4 aromatic rings. The average Bonchev–Trinajstić information content (AvgIpc) is 3.05. The molecule has 2 aromatic heterocycles. The molecule has 1 aliphatic carbocycles. The Balaban J connectivity index is 1.71. The molecule has 0 amide bonds. The number of aromatic hydroxyl groups is 3. The van der Waals surface area contributed by atoms with Crippen LogP contribution >= 0.6 is 0 Å². The summed E-state index contributed by atoms with van der Waals surface area (Å²) in [5.74, 6) is -0.343. The maximum Gasteiger partial charge on any atom is 0.224 e. The van der Waals surface area contributed by atoms with Crippen LogP contribution in [-0.2, 0) is 6.42 Å². The van der Waals surface area contributed by atoms with Crippen LogP contribution in [0.2, 0.25) is 0 Å². The summed E-state index contributed by atoms with van der Waals surface area (Å²) in [5, 5.41) is 31.6. The van der Waals surface area contributed by atoms with Crippen molar-refractivity contribution in [3.63, 3.8) is 0 Å². The van der Waals surface area contributed by atoms with Crippen molar-refractivity contribution in [2.45, 2.75) is 52.1 Å². The second-order valence-electron chi connectivity index (χ2n) is 10.1. The summed E-state index contributed by atoms with van der Waals surface area (Å²) in [6.07, 6.45) is 3.63. The molecular weight excluding hydrogens is 412 g/mol. The van der Waals surface area contributed by atoms with Crippen molar-refractivity contribution in [1.82, 2.24) is 0 Å². The smallest absolute Gasteiger partial charge is 0.224 e. The van der Waals surface area contributed by atoms with Crippen molar-refractivity contribution in [3.8, 4) is 23.0 Å². The molecule has 2 unspecified atom stereocenters. The average molecular weight is 436 g/mol. The Bertz CT molecular complexity index is 1510. The maximum atomic E-state index is 13.0. The lowest BCUT2D eigenvalue weighted by Crippen LogP contribution is -2.54. The van der Waals surface area contributed by atoms with E-state index in [1.807, 2.05) is 0 Å². The fraction of sp³-hybridized carbons (Fsp3) is 0.400. The highest BCUT2D eigenvalue weighted by atomic mass is 16.5. The maximum absolute atomic E-state index is 13.0. The predicted molar refractivity (Wildman–Crippen MR) is 119 cm³/mol. The summed E-state index contributed by atoms with van der Waals surface area (Å²) in [6.45, 7) is 6.57. The monoisotopic (exact) mass is 436 g/mol. The van der Waals surface area contributed by atoms with E-state index in [2.05, 4.69) is 20.8 Å². The number of phenols is 2. The molecule has 0 bridgehead atoms. The number of fused-ring (bicyclic) bond motifs is 7. The van der Waals surface area contributed by atoms with Gasteiger partial charge < -0.3 is 28.9 Å². The van der Waals surface area contributed by atoms with Gasteiger partial charge >= 0.3 is 0 Å². The van der Waals surface area contributed by atoms with Crippen LogP contribution in [0.4, 0.5) is 0 Å². The van der Waals surface area contributed by atoms with Crippen molar-refractivity contribution < 1.29 is 28.9 Å². The van der Waals surface area contributed by atoms with Gasteiger partial charge in [0.05, 0.1) is 5.39 Å². The first-order valence-corrected chi connectivity index (χ1v) is 10.9. The molecule has 3 N–H and O–H groups in total. The molecule has 32 heavy (non-hydrogen) atoms. The molecule has 1 aliphatic heterocycles. The number of rotatable bonds is 0. The van der Waals surface area contributed by atoms with E-state index in [9.17, 15) is 20.1 Å². The van der Waals surface area contributed by atoms with E-state index < -0.39 is 5.60 Å². The van der Waals surface area contributed by atoms with E-state index in [-0.39, 0.29) is 56.1 Å². The van der Waals surface area contributed by atoms with Crippen molar-refractivity contribution in [1.29, 1.82) is 0 Å². The number of ether oxygens (including phenoxy) is 1. The van der Waals surface area contributed by atoms with Crippen LogP contribution in [0.5, 0.6) is 23.0 Å². The van der Waals surface area contributed by atoms with Gasteiger partial charge in [0.2, 0.25) is 11.0 Å². The highest BCUT2D eigenvalue weighted by Crippen LogP contribution is 2.54. The first-order valence-electron chi connectivity index (χ1n) is 10.9. The van der Waals surface area contributed by atoms with Gasteiger partial charge in [-0.15, -0.1) is 0 Å². The van der Waals surface area contributed by atoms with Gasteiger partial charge in [0.25, 0.3) is 0 Å². The van der Waals surface area contributed by atoms with E-state index in [1.165, 1.54) is 12.1 Å². The van der Waals surface area contributed by atoms with Crippen molar-refractivity contribution in [2.24, 2.45) is 11.3 Å².